The molecule has 0 saturated carbocycles. The first-order chi connectivity index (χ1) is 8.51. The van der Waals surface area contributed by atoms with Crippen molar-refractivity contribution in [2.75, 3.05) is 5.88 Å². The minimum absolute atomic E-state index is 0.134. The van der Waals surface area contributed by atoms with Gasteiger partial charge in [0, 0.05) is 17.7 Å². The summed E-state index contributed by atoms with van der Waals surface area (Å²) < 4.78 is 1.74. The minimum atomic E-state index is -0.343. The van der Waals surface area contributed by atoms with Crippen molar-refractivity contribution in [3.8, 4) is 0 Å². The van der Waals surface area contributed by atoms with Gasteiger partial charge >= 0.3 is 5.69 Å². The Hall–Kier alpha value is -0.750. The number of nitro groups is 1. The van der Waals surface area contributed by atoms with Crippen LogP contribution in [0.2, 0.25) is 0 Å². The van der Waals surface area contributed by atoms with Crippen molar-refractivity contribution in [1.82, 2.24) is 9.78 Å². The van der Waals surface area contributed by atoms with E-state index >= 15 is 0 Å². The van der Waals surface area contributed by atoms with E-state index in [2.05, 4.69) is 5.10 Å². The van der Waals surface area contributed by atoms with Gasteiger partial charge in [0.25, 0.3) is 0 Å². The standard InChI is InChI=1S/C11H18ClN3O2S/c1-4-7-14-11(18-8(2)5-6-12)10(15(16)17)9(3)13-14/h8H,4-7H2,1-3H3. The number of alkyl halides is 1. The van der Waals surface area contributed by atoms with E-state index in [-0.39, 0.29) is 15.9 Å². The number of nitrogens with zero attached hydrogens (tertiary/aromatic N) is 3. The Bertz CT molecular complexity index is 423. The molecule has 7 heteroatoms. The highest BCUT2D eigenvalue weighted by molar-refractivity contribution is 8.00. The van der Waals surface area contributed by atoms with E-state index in [1.807, 2.05) is 13.8 Å². The summed E-state index contributed by atoms with van der Waals surface area (Å²) in [5.74, 6) is 0.558. The van der Waals surface area contributed by atoms with E-state index in [0.29, 0.717) is 23.1 Å². The summed E-state index contributed by atoms with van der Waals surface area (Å²) in [6.07, 6.45) is 1.72. The number of thioether (sulfide) groups is 1. The second kappa shape index (κ2) is 6.99. The van der Waals surface area contributed by atoms with E-state index < -0.39 is 0 Å². The summed E-state index contributed by atoms with van der Waals surface area (Å²) in [6.45, 7) is 6.43. The van der Waals surface area contributed by atoms with E-state index in [1.54, 1.807) is 11.6 Å². The third kappa shape index (κ3) is 3.62. The Morgan fingerprint density at radius 1 is 1.61 bits per heavy atom. The molecule has 0 radical (unpaired) electrons. The third-order valence-electron chi connectivity index (χ3n) is 2.50. The SMILES string of the molecule is CCCn1nc(C)c([N+](=O)[O-])c1SC(C)CCCl. The van der Waals surface area contributed by atoms with Crippen LogP contribution in [0.5, 0.6) is 0 Å². The third-order valence-corrected chi connectivity index (χ3v) is 3.98. The Labute approximate surface area is 116 Å². The molecule has 1 heterocycles. The van der Waals surface area contributed by atoms with Gasteiger partial charge in [-0.05, 0) is 19.8 Å². The van der Waals surface area contributed by atoms with E-state index in [4.69, 9.17) is 11.6 Å². The number of halogens is 1. The molecule has 0 N–H and O–H groups in total. The normalized spacial score (nSPS) is 12.7. The molecule has 1 atom stereocenters. The largest absolute Gasteiger partial charge is 0.323 e. The van der Waals surface area contributed by atoms with Crippen LogP contribution in [-0.4, -0.2) is 25.8 Å². The van der Waals surface area contributed by atoms with Gasteiger partial charge in [-0.25, -0.2) is 0 Å². The summed E-state index contributed by atoms with van der Waals surface area (Å²) in [5, 5.41) is 16.3. The topological polar surface area (TPSA) is 61.0 Å². The fraction of sp³-hybridized carbons (Fsp3) is 0.727. The van der Waals surface area contributed by atoms with Crippen LogP contribution in [0.25, 0.3) is 0 Å². The van der Waals surface area contributed by atoms with Crippen LogP contribution in [0.4, 0.5) is 5.69 Å². The van der Waals surface area contributed by atoms with Crippen molar-refractivity contribution in [3.63, 3.8) is 0 Å². The molecule has 1 rings (SSSR count). The molecule has 0 amide bonds. The fourth-order valence-corrected chi connectivity index (χ4v) is 3.31. The van der Waals surface area contributed by atoms with Gasteiger partial charge in [-0.3, -0.25) is 14.8 Å². The molecule has 102 valence electrons. The molecule has 5 nitrogen and oxygen atoms in total. The number of aryl methyl sites for hydroxylation is 2. The molecule has 0 fully saturated rings. The van der Waals surface area contributed by atoms with Crippen LogP contribution >= 0.6 is 23.4 Å². The lowest BCUT2D eigenvalue weighted by molar-refractivity contribution is -0.388. The maximum absolute atomic E-state index is 11.1. The lowest BCUT2D eigenvalue weighted by atomic mass is 10.4. The summed E-state index contributed by atoms with van der Waals surface area (Å²) in [4.78, 5) is 10.8. The molecule has 1 unspecified atom stereocenters. The molecule has 0 aliphatic heterocycles. The number of aromatic nitrogens is 2. The van der Waals surface area contributed by atoms with E-state index in [0.717, 1.165) is 12.8 Å². The van der Waals surface area contributed by atoms with Crippen LogP contribution in [0.1, 0.15) is 32.4 Å². The van der Waals surface area contributed by atoms with Crippen LogP contribution in [0, 0.1) is 17.0 Å². The Morgan fingerprint density at radius 2 is 2.28 bits per heavy atom. The van der Waals surface area contributed by atoms with Gasteiger partial charge in [-0.1, -0.05) is 25.6 Å². The first-order valence-corrected chi connectivity index (χ1v) is 7.37. The first kappa shape index (κ1) is 15.3. The monoisotopic (exact) mass is 291 g/mol. The van der Waals surface area contributed by atoms with Crippen LogP contribution in [0.15, 0.2) is 5.03 Å². The van der Waals surface area contributed by atoms with Crippen molar-refractivity contribution < 1.29 is 4.92 Å². The van der Waals surface area contributed by atoms with Crippen molar-refractivity contribution in [2.45, 2.75) is 50.4 Å². The van der Waals surface area contributed by atoms with Crippen LogP contribution in [-0.2, 0) is 6.54 Å². The molecule has 1 aromatic rings. The second-order valence-corrected chi connectivity index (χ2v) is 5.93. The number of hydrogen-bond donors (Lipinski definition) is 0. The zero-order valence-corrected chi connectivity index (χ0v) is 12.4. The van der Waals surface area contributed by atoms with Crippen molar-refractivity contribution in [1.29, 1.82) is 0 Å². The lowest BCUT2D eigenvalue weighted by Gasteiger charge is -2.10. The predicted octanol–water partition coefficient (Wildman–Crippen LogP) is 3.62. The predicted molar refractivity (Wildman–Crippen MR) is 74.6 cm³/mol. The zero-order valence-electron chi connectivity index (χ0n) is 10.9. The molecule has 0 bridgehead atoms. The molecule has 18 heavy (non-hydrogen) atoms. The maximum Gasteiger partial charge on any atom is 0.323 e. The first-order valence-electron chi connectivity index (χ1n) is 5.95. The molecule has 0 spiro atoms. The highest BCUT2D eigenvalue weighted by atomic mass is 35.5. The lowest BCUT2D eigenvalue weighted by Crippen LogP contribution is -2.05. The van der Waals surface area contributed by atoms with Gasteiger partial charge in [0.05, 0.1) is 4.92 Å². The highest BCUT2D eigenvalue weighted by Gasteiger charge is 2.26. The molecule has 0 aliphatic rings. The molecule has 1 aromatic heterocycles. The number of rotatable bonds is 7. The Kier molecular flexibility index (Phi) is 5.95. The van der Waals surface area contributed by atoms with Crippen LogP contribution < -0.4 is 0 Å². The van der Waals surface area contributed by atoms with E-state index in [9.17, 15) is 10.1 Å². The van der Waals surface area contributed by atoms with E-state index in [1.165, 1.54) is 11.8 Å². The maximum atomic E-state index is 11.1. The van der Waals surface area contributed by atoms with Gasteiger partial charge in [0.1, 0.15) is 5.69 Å². The van der Waals surface area contributed by atoms with Gasteiger partial charge in [0.2, 0.25) is 0 Å². The van der Waals surface area contributed by atoms with Crippen molar-refractivity contribution in [2.24, 2.45) is 0 Å². The minimum Gasteiger partial charge on any atom is -0.258 e. The average Bonchev–Trinajstić information content (AvgIpc) is 2.56. The Morgan fingerprint density at radius 3 is 2.78 bits per heavy atom. The van der Waals surface area contributed by atoms with Gasteiger partial charge in [-0.15, -0.1) is 11.6 Å². The summed E-state index contributed by atoms with van der Waals surface area (Å²) >= 11 is 7.19. The van der Waals surface area contributed by atoms with Crippen molar-refractivity contribution >= 4 is 29.1 Å². The quantitative estimate of drug-likeness (QED) is 0.333. The van der Waals surface area contributed by atoms with Crippen LogP contribution in [0.3, 0.4) is 0 Å². The number of hydrogen-bond acceptors (Lipinski definition) is 4. The molecular formula is C11H18ClN3O2S. The zero-order chi connectivity index (χ0) is 13.7. The second-order valence-electron chi connectivity index (χ2n) is 4.13. The summed E-state index contributed by atoms with van der Waals surface area (Å²) in [6, 6.07) is 0. The van der Waals surface area contributed by atoms with Gasteiger partial charge in [-0.2, -0.15) is 5.10 Å². The molecular weight excluding hydrogens is 274 g/mol. The fourth-order valence-electron chi connectivity index (χ4n) is 1.64. The van der Waals surface area contributed by atoms with Gasteiger partial charge < -0.3 is 0 Å². The average molecular weight is 292 g/mol. The molecule has 0 saturated heterocycles. The smallest absolute Gasteiger partial charge is 0.258 e. The molecule has 0 aliphatic carbocycles. The molecule has 0 aromatic carbocycles. The van der Waals surface area contributed by atoms with Crippen molar-refractivity contribution in [3.05, 3.63) is 15.8 Å². The summed E-state index contributed by atoms with van der Waals surface area (Å²) in [7, 11) is 0. The summed E-state index contributed by atoms with van der Waals surface area (Å²) in [5.41, 5.74) is 0.615. The Balaban J connectivity index is 3.07. The van der Waals surface area contributed by atoms with Gasteiger partial charge in [0.15, 0.2) is 5.03 Å². The highest BCUT2D eigenvalue weighted by Crippen LogP contribution is 2.35.